The molecule has 0 radical (unpaired) electrons. The molecule has 0 spiro atoms. The fraction of sp³-hybridized carbons (Fsp3) is 0.333. The number of carbonyl (C=O) groups excluding carboxylic acids is 1. The van der Waals surface area contributed by atoms with Crippen LogP contribution in [0, 0.1) is 0 Å². The zero-order valence-corrected chi connectivity index (χ0v) is 12.3. The summed E-state index contributed by atoms with van der Waals surface area (Å²) in [6, 6.07) is 7.41. The first-order chi connectivity index (χ1) is 9.49. The van der Waals surface area contributed by atoms with Crippen LogP contribution in [0.5, 0.6) is 0 Å². The standard InChI is InChI=1S/C15H20N4O/c1-11(14-16-8-9-19(14)4)17-15(20)12-6-5-7-13(10-12)18(2)3/h5-11H,1-4H3,(H,17,20). The second-order valence-corrected chi connectivity index (χ2v) is 5.04. The predicted molar refractivity (Wildman–Crippen MR) is 79.9 cm³/mol. The number of benzene rings is 1. The van der Waals surface area contributed by atoms with E-state index in [2.05, 4.69) is 10.3 Å². The lowest BCUT2D eigenvalue weighted by Gasteiger charge is -2.16. The van der Waals surface area contributed by atoms with Gasteiger partial charge in [0, 0.05) is 44.8 Å². The van der Waals surface area contributed by atoms with Crippen molar-refractivity contribution in [1.82, 2.24) is 14.9 Å². The third-order valence-corrected chi connectivity index (χ3v) is 3.22. The van der Waals surface area contributed by atoms with Gasteiger partial charge in [0.05, 0.1) is 6.04 Å². The average Bonchev–Trinajstić information content (AvgIpc) is 2.85. The maximum Gasteiger partial charge on any atom is 0.251 e. The molecule has 0 aliphatic heterocycles. The lowest BCUT2D eigenvalue weighted by Crippen LogP contribution is -2.28. The minimum Gasteiger partial charge on any atom is -0.378 e. The molecule has 1 atom stereocenters. The van der Waals surface area contributed by atoms with Crippen LogP contribution in [0.25, 0.3) is 0 Å². The Labute approximate surface area is 119 Å². The molecule has 2 aromatic rings. The number of anilines is 1. The molecule has 1 heterocycles. The SMILES string of the molecule is CC(NC(=O)c1cccc(N(C)C)c1)c1nccn1C. The van der Waals surface area contributed by atoms with Crippen LogP contribution in [0.4, 0.5) is 5.69 Å². The number of nitrogens with one attached hydrogen (secondary N) is 1. The topological polar surface area (TPSA) is 50.2 Å². The number of hydrogen-bond donors (Lipinski definition) is 1. The highest BCUT2D eigenvalue weighted by Gasteiger charge is 2.14. The second-order valence-electron chi connectivity index (χ2n) is 5.04. The van der Waals surface area contributed by atoms with Gasteiger partial charge < -0.3 is 14.8 Å². The third-order valence-electron chi connectivity index (χ3n) is 3.22. The van der Waals surface area contributed by atoms with Crippen LogP contribution in [0.3, 0.4) is 0 Å². The molecule has 2 rings (SSSR count). The molecular weight excluding hydrogens is 252 g/mol. The van der Waals surface area contributed by atoms with Crippen LogP contribution >= 0.6 is 0 Å². The van der Waals surface area contributed by atoms with Gasteiger partial charge in [-0.1, -0.05) is 6.07 Å². The van der Waals surface area contributed by atoms with Crippen LogP contribution < -0.4 is 10.2 Å². The number of rotatable bonds is 4. The van der Waals surface area contributed by atoms with Crippen LogP contribution in [-0.2, 0) is 7.05 Å². The molecule has 1 amide bonds. The molecule has 0 bridgehead atoms. The van der Waals surface area contributed by atoms with E-state index in [-0.39, 0.29) is 11.9 Å². The number of aromatic nitrogens is 2. The van der Waals surface area contributed by atoms with Gasteiger partial charge in [0.25, 0.3) is 5.91 Å². The molecule has 0 saturated heterocycles. The molecule has 106 valence electrons. The molecule has 1 aromatic heterocycles. The zero-order chi connectivity index (χ0) is 14.7. The highest BCUT2D eigenvalue weighted by molar-refractivity contribution is 5.95. The largest absolute Gasteiger partial charge is 0.378 e. The van der Waals surface area contributed by atoms with Crippen molar-refractivity contribution in [3.63, 3.8) is 0 Å². The minimum atomic E-state index is -0.134. The second kappa shape index (κ2) is 5.77. The van der Waals surface area contributed by atoms with Gasteiger partial charge in [-0.25, -0.2) is 4.98 Å². The Hall–Kier alpha value is -2.30. The Morgan fingerprint density at radius 1 is 1.40 bits per heavy atom. The van der Waals surface area contributed by atoms with Crippen LogP contribution in [-0.4, -0.2) is 29.6 Å². The van der Waals surface area contributed by atoms with Gasteiger partial charge in [-0.05, 0) is 25.1 Å². The fourth-order valence-electron chi connectivity index (χ4n) is 2.06. The first-order valence-corrected chi connectivity index (χ1v) is 6.54. The number of imidazole rings is 1. The molecule has 0 aliphatic carbocycles. The maximum atomic E-state index is 12.3. The van der Waals surface area contributed by atoms with E-state index in [1.54, 1.807) is 6.20 Å². The van der Waals surface area contributed by atoms with Gasteiger partial charge in [0.2, 0.25) is 0 Å². The van der Waals surface area contributed by atoms with E-state index in [4.69, 9.17) is 0 Å². The molecule has 0 aliphatic rings. The zero-order valence-electron chi connectivity index (χ0n) is 12.3. The van der Waals surface area contributed by atoms with Crippen molar-refractivity contribution in [1.29, 1.82) is 0 Å². The first kappa shape index (κ1) is 14.1. The van der Waals surface area contributed by atoms with E-state index in [0.29, 0.717) is 5.56 Å². The number of hydrogen-bond acceptors (Lipinski definition) is 3. The van der Waals surface area contributed by atoms with Crippen LogP contribution in [0.1, 0.15) is 29.1 Å². The summed E-state index contributed by atoms with van der Waals surface area (Å²) in [6.45, 7) is 1.93. The summed E-state index contributed by atoms with van der Waals surface area (Å²) in [7, 11) is 5.82. The quantitative estimate of drug-likeness (QED) is 0.926. The minimum absolute atomic E-state index is 0.0933. The molecule has 1 unspecified atom stereocenters. The molecule has 5 nitrogen and oxygen atoms in total. The van der Waals surface area contributed by atoms with Gasteiger partial charge in [0.15, 0.2) is 0 Å². The Morgan fingerprint density at radius 2 is 2.15 bits per heavy atom. The molecule has 0 saturated carbocycles. The Bertz CT molecular complexity index is 603. The number of aryl methyl sites for hydroxylation is 1. The molecule has 1 N–H and O–H groups in total. The Morgan fingerprint density at radius 3 is 2.75 bits per heavy atom. The van der Waals surface area contributed by atoms with Crippen molar-refractivity contribution in [3.05, 3.63) is 48.0 Å². The molecular formula is C15H20N4O. The van der Waals surface area contributed by atoms with Crippen molar-refractivity contribution >= 4 is 11.6 Å². The number of carbonyl (C=O) groups is 1. The number of amides is 1. The summed E-state index contributed by atoms with van der Waals surface area (Å²) >= 11 is 0. The van der Waals surface area contributed by atoms with Crippen molar-refractivity contribution in [2.24, 2.45) is 7.05 Å². The highest BCUT2D eigenvalue weighted by Crippen LogP contribution is 2.15. The predicted octanol–water partition coefficient (Wildman–Crippen LogP) is 1.98. The van der Waals surface area contributed by atoms with E-state index in [9.17, 15) is 4.79 Å². The van der Waals surface area contributed by atoms with E-state index >= 15 is 0 Å². The summed E-state index contributed by atoms with van der Waals surface area (Å²) in [5, 5.41) is 2.96. The highest BCUT2D eigenvalue weighted by atomic mass is 16.1. The van der Waals surface area contributed by atoms with Gasteiger partial charge >= 0.3 is 0 Å². The van der Waals surface area contributed by atoms with E-state index in [1.807, 2.05) is 68.0 Å². The van der Waals surface area contributed by atoms with Gasteiger partial charge in [0.1, 0.15) is 5.82 Å². The summed E-state index contributed by atoms with van der Waals surface area (Å²) in [6.07, 6.45) is 3.59. The molecule has 20 heavy (non-hydrogen) atoms. The van der Waals surface area contributed by atoms with Crippen molar-refractivity contribution in [2.45, 2.75) is 13.0 Å². The Balaban J connectivity index is 2.12. The molecule has 1 aromatic carbocycles. The smallest absolute Gasteiger partial charge is 0.251 e. The van der Waals surface area contributed by atoms with Gasteiger partial charge in [-0.3, -0.25) is 4.79 Å². The lowest BCUT2D eigenvalue weighted by molar-refractivity contribution is 0.0938. The number of nitrogens with zero attached hydrogens (tertiary/aromatic N) is 3. The molecule has 0 fully saturated rings. The Kier molecular flexibility index (Phi) is 4.08. The summed E-state index contributed by atoms with van der Waals surface area (Å²) in [4.78, 5) is 18.5. The monoisotopic (exact) mass is 272 g/mol. The lowest BCUT2D eigenvalue weighted by atomic mass is 10.1. The summed E-state index contributed by atoms with van der Waals surface area (Å²) < 4.78 is 1.90. The van der Waals surface area contributed by atoms with Crippen molar-refractivity contribution in [3.8, 4) is 0 Å². The van der Waals surface area contributed by atoms with E-state index in [1.165, 1.54) is 0 Å². The average molecular weight is 272 g/mol. The van der Waals surface area contributed by atoms with Gasteiger partial charge in [-0.2, -0.15) is 0 Å². The van der Waals surface area contributed by atoms with Gasteiger partial charge in [-0.15, -0.1) is 0 Å². The van der Waals surface area contributed by atoms with Crippen molar-refractivity contribution in [2.75, 3.05) is 19.0 Å². The summed E-state index contributed by atoms with van der Waals surface area (Å²) in [5.41, 5.74) is 1.65. The van der Waals surface area contributed by atoms with E-state index < -0.39 is 0 Å². The van der Waals surface area contributed by atoms with E-state index in [0.717, 1.165) is 11.5 Å². The molecule has 5 heteroatoms. The normalized spacial score (nSPS) is 12.0. The van der Waals surface area contributed by atoms with Crippen LogP contribution in [0.2, 0.25) is 0 Å². The third kappa shape index (κ3) is 2.99. The van der Waals surface area contributed by atoms with Crippen molar-refractivity contribution < 1.29 is 4.79 Å². The van der Waals surface area contributed by atoms with Crippen LogP contribution in [0.15, 0.2) is 36.7 Å². The maximum absolute atomic E-state index is 12.3. The first-order valence-electron chi connectivity index (χ1n) is 6.54. The fourth-order valence-corrected chi connectivity index (χ4v) is 2.06. The summed E-state index contributed by atoms with van der Waals surface area (Å²) in [5.74, 6) is 0.742.